The zero-order valence-electron chi connectivity index (χ0n) is 9.87. The van der Waals surface area contributed by atoms with Gasteiger partial charge in [0.1, 0.15) is 0 Å². The molecule has 0 aromatic carbocycles. The molecule has 2 aliphatic rings. The number of amides is 2. The number of hydrogen-bond donors (Lipinski definition) is 0. The van der Waals surface area contributed by atoms with Gasteiger partial charge in [-0.25, -0.2) is 0 Å². The normalized spacial score (nSPS) is 31.6. The highest BCUT2D eigenvalue weighted by Crippen LogP contribution is 2.42. The Labute approximate surface area is 99.6 Å². The van der Waals surface area contributed by atoms with E-state index in [9.17, 15) is 9.59 Å². The predicted octanol–water partition coefficient (Wildman–Crippen LogP) is 1.72. The summed E-state index contributed by atoms with van der Waals surface area (Å²) in [5, 5.41) is 3.40. The molecule has 0 spiro atoms. The van der Waals surface area contributed by atoms with E-state index in [-0.39, 0.29) is 23.7 Å². The van der Waals surface area contributed by atoms with Gasteiger partial charge in [0.05, 0.1) is 11.8 Å². The first kappa shape index (κ1) is 11.9. The maximum atomic E-state index is 12.0. The number of hydrogen-bond acceptors (Lipinski definition) is 3. The molecule has 1 saturated heterocycles. The van der Waals surface area contributed by atoms with Crippen LogP contribution in [0.3, 0.4) is 0 Å². The van der Waals surface area contributed by atoms with E-state index in [4.69, 9.17) is 5.53 Å². The second kappa shape index (κ2) is 4.75. The van der Waals surface area contributed by atoms with Gasteiger partial charge in [-0.3, -0.25) is 14.5 Å². The van der Waals surface area contributed by atoms with Crippen LogP contribution in [-0.4, -0.2) is 29.8 Å². The monoisotopic (exact) mass is 236 g/mol. The van der Waals surface area contributed by atoms with Crippen LogP contribution >= 0.6 is 0 Å². The molecule has 2 fully saturated rings. The molecule has 6 nitrogen and oxygen atoms in total. The second-order valence-corrected chi connectivity index (χ2v) is 4.93. The van der Waals surface area contributed by atoms with Gasteiger partial charge in [0.15, 0.2) is 0 Å². The highest BCUT2D eigenvalue weighted by Gasteiger charge is 2.51. The van der Waals surface area contributed by atoms with E-state index >= 15 is 0 Å². The van der Waals surface area contributed by atoms with E-state index in [1.165, 1.54) is 4.90 Å². The minimum absolute atomic E-state index is 0.0229. The van der Waals surface area contributed by atoms with Crippen molar-refractivity contribution in [2.24, 2.45) is 22.9 Å². The molecule has 0 aromatic heterocycles. The summed E-state index contributed by atoms with van der Waals surface area (Å²) >= 11 is 0. The first-order chi connectivity index (χ1) is 8.15. The summed E-state index contributed by atoms with van der Waals surface area (Å²) in [6.45, 7) is 2.81. The Bertz CT molecular complexity index is 365. The fraction of sp³-hybridized carbons (Fsp3) is 0.818. The fourth-order valence-electron chi connectivity index (χ4n) is 2.91. The van der Waals surface area contributed by atoms with E-state index in [1.807, 2.05) is 0 Å². The van der Waals surface area contributed by atoms with Gasteiger partial charge in [-0.1, -0.05) is 12.0 Å². The third-order valence-electron chi connectivity index (χ3n) is 3.67. The van der Waals surface area contributed by atoms with Crippen LogP contribution in [0.5, 0.6) is 0 Å². The first-order valence-corrected chi connectivity index (χ1v) is 6.01. The van der Waals surface area contributed by atoms with Gasteiger partial charge in [0.25, 0.3) is 0 Å². The fourth-order valence-corrected chi connectivity index (χ4v) is 2.91. The maximum absolute atomic E-state index is 12.0. The highest BCUT2D eigenvalue weighted by atomic mass is 16.2. The largest absolute Gasteiger partial charge is 0.282 e. The molecule has 17 heavy (non-hydrogen) atoms. The third-order valence-corrected chi connectivity index (χ3v) is 3.67. The Balaban J connectivity index is 1.95. The molecule has 2 unspecified atom stereocenters. The SMILES string of the molecule is CC1CC2C(=O)N(CCCN=[N+]=[N-])C(=O)C2C1. The van der Waals surface area contributed by atoms with Crippen LogP contribution in [0, 0.1) is 17.8 Å². The molecular weight excluding hydrogens is 220 g/mol. The van der Waals surface area contributed by atoms with E-state index in [0.29, 0.717) is 25.4 Å². The standard InChI is InChI=1S/C11H16N4O2/c1-7-5-8-9(6-7)11(17)15(10(8)16)4-2-3-13-14-12/h7-9H,2-6H2,1H3. The van der Waals surface area contributed by atoms with Gasteiger partial charge in [-0.15, -0.1) is 0 Å². The Kier molecular flexibility index (Phi) is 3.33. The second-order valence-electron chi connectivity index (χ2n) is 4.93. The van der Waals surface area contributed by atoms with Crippen molar-refractivity contribution in [1.82, 2.24) is 4.90 Å². The molecule has 0 N–H and O–H groups in total. The van der Waals surface area contributed by atoms with Crippen molar-refractivity contribution in [1.29, 1.82) is 0 Å². The van der Waals surface area contributed by atoms with Crippen LogP contribution in [0.1, 0.15) is 26.2 Å². The molecule has 2 atom stereocenters. The van der Waals surface area contributed by atoms with Crippen LogP contribution in [0.25, 0.3) is 10.4 Å². The van der Waals surface area contributed by atoms with Gasteiger partial charge in [-0.05, 0) is 30.7 Å². The number of azide groups is 1. The summed E-state index contributed by atoms with van der Waals surface area (Å²) in [4.78, 5) is 28.0. The van der Waals surface area contributed by atoms with E-state index < -0.39 is 0 Å². The van der Waals surface area contributed by atoms with Gasteiger partial charge >= 0.3 is 0 Å². The number of likely N-dealkylation sites (tertiary alicyclic amines) is 1. The molecular formula is C11H16N4O2. The van der Waals surface area contributed by atoms with Crippen LogP contribution in [0.2, 0.25) is 0 Å². The number of carbonyl (C=O) groups is 2. The number of imide groups is 1. The Morgan fingerprint density at radius 3 is 2.47 bits per heavy atom. The lowest BCUT2D eigenvalue weighted by Gasteiger charge is -2.15. The van der Waals surface area contributed by atoms with Crippen molar-refractivity contribution in [2.75, 3.05) is 13.1 Å². The molecule has 0 radical (unpaired) electrons. The van der Waals surface area contributed by atoms with Gasteiger partial charge in [-0.2, -0.15) is 0 Å². The smallest absolute Gasteiger partial charge is 0.233 e. The first-order valence-electron chi connectivity index (χ1n) is 6.01. The Hall–Kier alpha value is -1.55. The summed E-state index contributed by atoms with van der Waals surface area (Å²) in [7, 11) is 0. The molecule has 6 heteroatoms. The number of rotatable bonds is 4. The minimum atomic E-state index is -0.0861. The summed E-state index contributed by atoms with van der Waals surface area (Å²) in [6.07, 6.45) is 2.22. The highest BCUT2D eigenvalue weighted by molar-refractivity contribution is 6.05. The van der Waals surface area contributed by atoms with E-state index in [1.54, 1.807) is 0 Å². The average molecular weight is 236 g/mol. The third kappa shape index (κ3) is 2.13. The maximum Gasteiger partial charge on any atom is 0.233 e. The lowest BCUT2D eigenvalue weighted by molar-refractivity contribution is -0.140. The predicted molar refractivity (Wildman–Crippen MR) is 60.7 cm³/mol. The topological polar surface area (TPSA) is 86.1 Å². The van der Waals surface area contributed by atoms with Crippen LogP contribution in [0.15, 0.2) is 5.11 Å². The Morgan fingerprint density at radius 2 is 1.94 bits per heavy atom. The van der Waals surface area contributed by atoms with Gasteiger partial charge < -0.3 is 0 Å². The summed E-state index contributed by atoms with van der Waals surface area (Å²) in [6, 6.07) is 0. The molecule has 92 valence electrons. The van der Waals surface area contributed by atoms with Crippen molar-refractivity contribution >= 4 is 11.8 Å². The lowest BCUT2D eigenvalue weighted by Crippen LogP contribution is -2.33. The average Bonchev–Trinajstić information content (AvgIpc) is 2.77. The molecule has 1 aliphatic heterocycles. The Morgan fingerprint density at radius 1 is 1.35 bits per heavy atom. The van der Waals surface area contributed by atoms with E-state index in [0.717, 1.165) is 12.8 Å². The summed E-state index contributed by atoms with van der Waals surface area (Å²) < 4.78 is 0. The summed E-state index contributed by atoms with van der Waals surface area (Å²) in [5.41, 5.74) is 8.13. The molecule has 2 rings (SSSR count). The van der Waals surface area contributed by atoms with Crippen molar-refractivity contribution in [3.63, 3.8) is 0 Å². The molecule has 1 heterocycles. The zero-order valence-corrected chi connectivity index (χ0v) is 9.87. The van der Waals surface area contributed by atoms with Crippen LogP contribution in [0.4, 0.5) is 0 Å². The van der Waals surface area contributed by atoms with Crippen molar-refractivity contribution in [3.05, 3.63) is 10.4 Å². The molecule has 0 bridgehead atoms. The number of nitrogens with zero attached hydrogens (tertiary/aromatic N) is 4. The van der Waals surface area contributed by atoms with Crippen LogP contribution in [-0.2, 0) is 9.59 Å². The van der Waals surface area contributed by atoms with Crippen LogP contribution < -0.4 is 0 Å². The van der Waals surface area contributed by atoms with Crippen molar-refractivity contribution < 1.29 is 9.59 Å². The summed E-state index contributed by atoms with van der Waals surface area (Å²) in [5.74, 6) is 0.257. The lowest BCUT2D eigenvalue weighted by atomic mass is 10.00. The molecule has 1 saturated carbocycles. The number of carbonyl (C=O) groups excluding carboxylic acids is 2. The molecule has 0 aromatic rings. The van der Waals surface area contributed by atoms with Crippen molar-refractivity contribution in [3.8, 4) is 0 Å². The zero-order chi connectivity index (χ0) is 12.4. The number of fused-ring (bicyclic) bond motifs is 1. The van der Waals surface area contributed by atoms with Gasteiger partial charge in [0, 0.05) is 18.0 Å². The van der Waals surface area contributed by atoms with Gasteiger partial charge in [0.2, 0.25) is 11.8 Å². The molecule has 2 amide bonds. The molecule has 1 aliphatic carbocycles. The quantitative estimate of drug-likeness (QED) is 0.244. The van der Waals surface area contributed by atoms with E-state index in [2.05, 4.69) is 16.9 Å². The minimum Gasteiger partial charge on any atom is -0.282 e. The van der Waals surface area contributed by atoms with Crippen molar-refractivity contribution in [2.45, 2.75) is 26.2 Å².